The number of aromatic nitrogens is 1. The lowest BCUT2D eigenvalue weighted by atomic mass is 10.1. The molecule has 0 aliphatic heterocycles. The number of nitrogens with zero attached hydrogens (tertiary/aromatic N) is 1. The molecule has 4 heteroatoms. The van der Waals surface area contributed by atoms with Gasteiger partial charge in [0.25, 0.3) is 0 Å². The van der Waals surface area contributed by atoms with Gasteiger partial charge in [0.15, 0.2) is 5.89 Å². The smallest absolute Gasteiger partial charge is 0.198 e. The Morgan fingerprint density at radius 3 is 2.62 bits per heavy atom. The van der Waals surface area contributed by atoms with Crippen LogP contribution in [0, 0.1) is 5.82 Å². The minimum Gasteiger partial charge on any atom is -0.448 e. The molecule has 1 aromatic heterocycles. The Morgan fingerprint density at radius 2 is 2.06 bits per heavy atom. The van der Waals surface area contributed by atoms with Crippen LogP contribution in [0.2, 0.25) is 0 Å². The second-order valence-corrected chi connectivity index (χ2v) is 3.65. The molecule has 0 fully saturated rings. The molecule has 1 unspecified atom stereocenters. The Balaban J connectivity index is 2.11. The molecule has 0 aliphatic carbocycles. The van der Waals surface area contributed by atoms with E-state index in [1.165, 1.54) is 18.4 Å². The van der Waals surface area contributed by atoms with Gasteiger partial charge in [-0.1, -0.05) is 12.1 Å². The highest BCUT2D eigenvalue weighted by atomic mass is 19.1. The third-order valence-electron chi connectivity index (χ3n) is 2.27. The fourth-order valence-electron chi connectivity index (χ4n) is 1.38. The van der Waals surface area contributed by atoms with Crippen LogP contribution in [-0.4, -0.2) is 10.1 Å². The van der Waals surface area contributed by atoms with Crippen LogP contribution in [0.1, 0.15) is 30.2 Å². The molecule has 2 rings (SSSR count). The van der Waals surface area contributed by atoms with Crippen molar-refractivity contribution < 1.29 is 13.9 Å². The molecular formula is C12H12FNO2. The van der Waals surface area contributed by atoms with Crippen LogP contribution in [0.4, 0.5) is 4.39 Å². The first-order chi connectivity index (χ1) is 7.65. The molecule has 1 atom stereocenters. The molecule has 2 aromatic rings. The third-order valence-corrected chi connectivity index (χ3v) is 2.27. The van der Waals surface area contributed by atoms with Crippen LogP contribution in [0.5, 0.6) is 0 Å². The Labute approximate surface area is 92.6 Å². The van der Waals surface area contributed by atoms with Gasteiger partial charge in [-0.05, 0) is 24.6 Å². The predicted molar refractivity (Wildman–Crippen MR) is 56.3 cm³/mol. The summed E-state index contributed by atoms with van der Waals surface area (Å²) in [6.07, 6.45) is 1.29. The van der Waals surface area contributed by atoms with E-state index in [-0.39, 0.29) is 5.82 Å². The molecule has 0 bridgehead atoms. The predicted octanol–water partition coefficient (Wildman–Crippen LogP) is 2.46. The molecule has 0 amide bonds. The van der Waals surface area contributed by atoms with Gasteiger partial charge in [-0.3, -0.25) is 0 Å². The molecule has 16 heavy (non-hydrogen) atoms. The molecule has 1 aromatic carbocycles. The van der Waals surface area contributed by atoms with Gasteiger partial charge >= 0.3 is 0 Å². The van der Waals surface area contributed by atoms with Crippen LogP contribution < -0.4 is 0 Å². The number of oxazole rings is 1. The Morgan fingerprint density at radius 1 is 1.38 bits per heavy atom. The molecule has 84 valence electrons. The summed E-state index contributed by atoms with van der Waals surface area (Å²) < 4.78 is 17.9. The van der Waals surface area contributed by atoms with Crippen LogP contribution >= 0.6 is 0 Å². The normalized spacial score (nSPS) is 12.7. The van der Waals surface area contributed by atoms with Crippen LogP contribution in [0.15, 0.2) is 34.9 Å². The average Bonchev–Trinajstić information content (AvgIpc) is 2.70. The van der Waals surface area contributed by atoms with Crippen molar-refractivity contribution in [2.75, 3.05) is 0 Å². The second kappa shape index (κ2) is 4.45. The van der Waals surface area contributed by atoms with Gasteiger partial charge in [0.1, 0.15) is 17.8 Å². The fraction of sp³-hybridized carbons (Fsp3) is 0.250. The quantitative estimate of drug-likeness (QED) is 0.865. The average molecular weight is 221 g/mol. The topological polar surface area (TPSA) is 46.3 Å². The minimum absolute atomic E-state index is 0.263. The van der Waals surface area contributed by atoms with E-state index in [2.05, 4.69) is 4.98 Å². The van der Waals surface area contributed by atoms with Crippen molar-refractivity contribution in [1.29, 1.82) is 0 Å². The molecule has 0 radical (unpaired) electrons. The van der Waals surface area contributed by atoms with Gasteiger partial charge in [0.2, 0.25) is 0 Å². The number of halogens is 1. The summed E-state index contributed by atoms with van der Waals surface area (Å²) in [4.78, 5) is 4.12. The molecule has 0 aliphatic rings. The summed E-state index contributed by atoms with van der Waals surface area (Å²) >= 11 is 0. The first kappa shape index (κ1) is 10.8. The van der Waals surface area contributed by atoms with Gasteiger partial charge in [-0.2, -0.15) is 0 Å². The van der Waals surface area contributed by atoms with Crippen LogP contribution in [0.3, 0.4) is 0 Å². The van der Waals surface area contributed by atoms with E-state index in [9.17, 15) is 9.50 Å². The van der Waals surface area contributed by atoms with Crippen molar-refractivity contribution in [3.8, 4) is 0 Å². The molecular weight excluding hydrogens is 209 g/mol. The highest BCUT2D eigenvalue weighted by Gasteiger charge is 2.08. The van der Waals surface area contributed by atoms with Crippen molar-refractivity contribution in [2.45, 2.75) is 19.4 Å². The van der Waals surface area contributed by atoms with Crippen LogP contribution in [-0.2, 0) is 6.42 Å². The van der Waals surface area contributed by atoms with Gasteiger partial charge < -0.3 is 9.52 Å². The van der Waals surface area contributed by atoms with E-state index in [0.29, 0.717) is 18.0 Å². The SMILES string of the molecule is CC(O)c1coc(Cc2ccc(F)cc2)n1. The molecule has 0 spiro atoms. The number of aliphatic hydroxyl groups excluding tert-OH is 1. The van der Waals surface area contributed by atoms with Gasteiger partial charge in [0, 0.05) is 6.42 Å². The van der Waals surface area contributed by atoms with Gasteiger partial charge in [-0.25, -0.2) is 9.37 Å². The third kappa shape index (κ3) is 2.46. The van der Waals surface area contributed by atoms with Crippen molar-refractivity contribution in [3.63, 3.8) is 0 Å². The lowest BCUT2D eigenvalue weighted by Gasteiger charge is -1.97. The first-order valence-electron chi connectivity index (χ1n) is 5.02. The summed E-state index contributed by atoms with van der Waals surface area (Å²) in [6.45, 7) is 1.62. The maximum absolute atomic E-state index is 12.7. The summed E-state index contributed by atoms with van der Waals surface area (Å²) in [5.41, 5.74) is 1.43. The minimum atomic E-state index is -0.634. The number of rotatable bonds is 3. The zero-order chi connectivity index (χ0) is 11.5. The maximum atomic E-state index is 12.7. The van der Waals surface area contributed by atoms with E-state index in [4.69, 9.17) is 4.42 Å². The standard InChI is InChI=1S/C12H12FNO2/c1-8(15)11-7-16-12(14-11)6-9-2-4-10(13)5-3-9/h2-5,7-8,15H,6H2,1H3. The zero-order valence-electron chi connectivity index (χ0n) is 8.85. The Hall–Kier alpha value is -1.68. The van der Waals surface area contributed by atoms with Crippen molar-refractivity contribution in [2.24, 2.45) is 0 Å². The Bertz CT molecular complexity index is 462. The fourth-order valence-corrected chi connectivity index (χ4v) is 1.38. The van der Waals surface area contributed by atoms with E-state index in [0.717, 1.165) is 5.56 Å². The summed E-state index contributed by atoms with van der Waals surface area (Å²) in [5, 5.41) is 9.27. The Kier molecular flexibility index (Phi) is 3.01. The van der Waals surface area contributed by atoms with Gasteiger partial charge in [-0.15, -0.1) is 0 Å². The van der Waals surface area contributed by atoms with E-state index >= 15 is 0 Å². The number of hydrogen-bond acceptors (Lipinski definition) is 3. The van der Waals surface area contributed by atoms with E-state index in [1.54, 1.807) is 19.1 Å². The lowest BCUT2D eigenvalue weighted by Crippen LogP contribution is -1.93. The molecule has 0 saturated heterocycles. The van der Waals surface area contributed by atoms with Gasteiger partial charge in [0.05, 0.1) is 6.10 Å². The molecule has 3 nitrogen and oxygen atoms in total. The first-order valence-corrected chi connectivity index (χ1v) is 5.02. The zero-order valence-corrected chi connectivity index (χ0v) is 8.85. The molecule has 1 N–H and O–H groups in total. The van der Waals surface area contributed by atoms with Crippen molar-refractivity contribution in [3.05, 3.63) is 53.5 Å². The number of hydrogen-bond donors (Lipinski definition) is 1. The van der Waals surface area contributed by atoms with E-state index in [1.807, 2.05) is 0 Å². The van der Waals surface area contributed by atoms with Crippen LogP contribution in [0.25, 0.3) is 0 Å². The van der Waals surface area contributed by atoms with Crippen molar-refractivity contribution in [1.82, 2.24) is 4.98 Å². The lowest BCUT2D eigenvalue weighted by molar-refractivity contribution is 0.194. The molecule has 1 heterocycles. The summed E-state index contributed by atoms with van der Waals surface area (Å²) in [5.74, 6) is 0.253. The number of benzene rings is 1. The summed E-state index contributed by atoms with van der Waals surface area (Å²) in [6, 6.07) is 6.16. The van der Waals surface area contributed by atoms with Crippen molar-refractivity contribution >= 4 is 0 Å². The monoisotopic (exact) mass is 221 g/mol. The highest BCUT2D eigenvalue weighted by molar-refractivity contribution is 5.19. The maximum Gasteiger partial charge on any atom is 0.198 e. The number of aliphatic hydroxyl groups is 1. The largest absolute Gasteiger partial charge is 0.448 e. The second-order valence-electron chi connectivity index (χ2n) is 3.65. The highest BCUT2D eigenvalue weighted by Crippen LogP contribution is 2.14. The molecule has 0 saturated carbocycles. The van der Waals surface area contributed by atoms with E-state index < -0.39 is 6.10 Å². The summed E-state index contributed by atoms with van der Waals surface area (Å²) in [7, 11) is 0.